The Balaban J connectivity index is 1.60. The van der Waals surface area contributed by atoms with Crippen molar-refractivity contribution in [3.8, 4) is 0 Å². The van der Waals surface area contributed by atoms with Gasteiger partial charge in [0.1, 0.15) is 0 Å². The molecule has 166 valence electrons. The lowest BCUT2D eigenvalue weighted by Crippen LogP contribution is -2.61. The van der Waals surface area contributed by atoms with Crippen molar-refractivity contribution < 1.29 is 25.2 Å². The number of hydrogen-bond acceptors (Lipinski definition) is 4. The highest BCUT2D eigenvalue weighted by Crippen LogP contribution is 2.69. The van der Waals surface area contributed by atoms with E-state index in [2.05, 4.69) is 13.8 Å². The molecule has 4 N–H and O–H groups in total. The maximum Gasteiger partial charge on any atom is 0.303 e. The molecule has 0 bridgehead atoms. The summed E-state index contributed by atoms with van der Waals surface area (Å²) in [4.78, 5) is 11.1. The Kier molecular flexibility index (Phi) is 5.36. The van der Waals surface area contributed by atoms with Crippen LogP contribution in [0.15, 0.2) is 0 Å². The quantitative estimate of drug-likeness (QED) is 0.570. The van der Waals surface area contributed by atoms with E-state index >= 15 is 0 Å². The SMILES string of the molecule is C[C@H](CCC(=O)O)[C@@]1(O)CC[C@H]2[C@@H]3[C@@H](O)C[C@@H]4C[C@H](O)CC[C@]4(C)[C@H]3CC[C@@]21C. The van der Waals surface area contributed by atoms with Gasteiger partial charge in [-0.05, 0) is 98.2 Å². The van der Waals surface area contributed by atoms with Crippen LogP contribution in [0.5, 0.6) is 0 Å². The van der Waals surface area contributed by atoms with Gasteiger partial charge in [0.15, 0.2) is 0 Å². The van der Waals surface area contributed by atoms with E-state index in [0.29, 0.717) is 24.7 Å². The predicted molar refractivity (Wildman–Crippen MR) is 110 cm³/mol. The molecule has 0 saturated heterocycles. The first-order chi connectivity index (χ1) is 13.5. The van der Waals surface area contributed by atoms with E-state index in [4.69, 9.17) is 5.11 Å². The first-order valence-electron chi connectivity index (χ1n) is 11.8. The van der Waals surface area contributed by atoms with E-state index in [1.54, 1.807) is 0 Å². The van der Waals surface area contributed by atoms with Gasteiger partial charge in [0.2, 0.25) is 0 Å². The molecule has 10 atom stereocenters. The van der Waals surface area contributed by atoms with Gasteiger partial charge in [0.05, 0.1) is 17.8 Å². The van der Waals surface area contributed by atoms with Crippen LogP contribution in [0.1, 0.15) is 85.0 Å². The molecule has 0 aliphatic heterocycles. The summed E-state index contributed by atoms with van der Waals surface area (Å²) >= 11 is 0. The molecule has 4 aliphatic rings. The third kappa shape index (κ3) is 3.10. The molecule has 4 rings (SSSR count). The lowest BCUT2D eigenvalue weighted by molar-refractivity contribution is -0.201. The molecule has 5 nitrogen and oxygen atoms in total. The monoisotopic (exact) mass is 408 g/mol. The summed E-state index contributed by atoms with van der Waals surface area (Å²) in [5, 5.41) is 42.4. The molecular weight excluding hydrogens is 368 g/mol. The fraction of sp³-hybridized carbons (Fsp3) is 0.958. The maximum atomic E-state index is 11.8. The number of carbonyl (C=O) groups is 1. The van der Waals surface area contributed by atoms with Gasteiger partial charge < -0.3 is 20.4 Å². The minimum atomic E-state index is -0.849. The highest BCUT2D eigenvalue weighted by atomic mass is 16.4. The molecule has 0 aromatic rings. The second-order valence-corrected chi connectivity index (χ2v) is 11.5. The van der Waals surface area contributed by atoms with E-state index in [9.17, 15) is 20.1 Å². The van der Waals surface area contributed by atoms with Crippen LogP contribution in [-0.4, -0.2) is 44.2 Å². The van der Waals surface area contributed by atoms with Crippen LogP contribution >= 0.6 is 0 Å². The number of hydrogen-bond donors (Lipinski definition) is 4. The first-order valence-corrected chi connectivity index (χ1v) is 11.8. The fourth-order valence-electron chi connectivity index (χ4n) is 8.64. The summed E-state index contributed by atoms with van der Waals surface area (Å²) in [5.74, 6) is 0.494. The molecule has 4 aliphatic carbocycles. The Hall–Kier alpha value is -0.650. The summed E-state index contributed by atoms with van der Waals surface area (Å²) in [6.45, 7) is 6.62. The van der Waals surface area contributed by atoms with Gasteiger partial charge >= 0.3 is 5.97 Å². The zero-order chi connectivity index (χ0) is 21.2. The van der Waals surface area contributed by atoms with Crippen LogP contribution in [0.4, 0.5) is 0 Å². The summed E-state index contributed by atoms with van der Waals surface area (Å²) in [5.41, 5.74) is -0.928. The zero-order valence-corrected chi connectivity index (χ0v) is 18.3. The molecule has 0 aromatic carbocycles. The Morgan fingerprint density at radius 1 is 1.03 bits per heavy atom. The van der Waals surface area contributed by atoms with Crippen LogP contribution in [0.3, 0.4) is 0 Å². The van der Waals surface area contributed by atoms with E-state index in [0.717, 1.165) is 44.9 Å². The van der Waals surface area contributed by atoms with Gasteiger partial charge in [-0.2, -0.15) is 0 Å². The molecule has 0 aromatic heterocycles. The molecular formula is C24H40O5. The minimum absolute atomic E-state index is 0.0564. The third-order valence-electron chi connectivity index (χ3n) is 10.5. The second kappa shape index (κ2) is 7.20. The smallest absolute Gasteiger partial charge is 0.303 e. The first kappa shape index (κ1) is 21.6. The molecule has 5 heteroatoms. The largest absolute Gasteiger partial charge is 0.481 e. The second-order valence-electron chi connectivity index (χ2n) is 11.5. The van der Waals surface area contributed by atoms with Crippen LogP contribution < -0.4 is 0 Å². The van der Waals surface area contributed by atoms with Crippen molar-refractivity contribution >= 4 is 5.97 Å². The van der Waals surface area contributed by atoms with E-state index in [1.165, 1.54) is 0 Å². The van der Waals surface area contributed by atoms with E-state index in [1.807, 2.05) is 6.92 Å². The number of fused-ring (bicyclic) bond motifs is 5. The molecule has 0 spiro atoms. The van der Waals surface area contributed by atoms with Gasteiger partial charge in [-0.25, -0.2) is 0 Å². The molecule has 0 unspecified atom stereocenters. The lowest BCUT2D eigenvalue weighted by Gasteiger charge is -2.63. The van der Waals surface area contributed by atoms with Gasteiger partial charge in [0, 0.05) is 6.42 Å². The molecule has 0 radical (unpaired) electrons. The Morgan fingerprint density at radius 3 is 2.41 bits per heavy atom. The van der Waals surface area contributed by atoms with Crippen molar-refractivity contribution in [3.63, 3.8) is 0 Å². The number of carboxylic acids is 1. The van der Waals surface area contributed by atoms with Crippen molar-refractivity contribution in [1.29, 1.82) is 0 Å². The van der Waals surface area contributed by atoms with Crippen LogP contribution in [0, 0.1) is 40.4 Å². The molecule has 0 amide bonds. The average molecular weight is 409 g/mol. The van der Waals surface area contributed by atoms with Gasteiger partial charge in [-0.1, -0.05) is 20.8 Å². The van der Waals surface area contributed by atoms with E-state index in [-0.39, 0.29) is 47.2 Å². The standard InChI is InChI=1S/C24H40O5/c1-14(4-5-20(27)28)24(29)11-8-18-21-17(7-10-23(18,24)3)22(2)9-6-16(25)12-15(22)13-19(21)26/h14-19,21,25-26,29H,4-13H2,1-3H3,(H,27,28)/t14-,15+,16-,17+,18+,19+,21-,22+,23+,24+/m1/s1. The van der Waals surface area contributed by atoms with Gasteiger partial charge in [0.25, 0.3) is 0 Å². The number of aliphatic hydroxyl groups excluding tert-OH is 2. The lowest BCUT2D eigenvalue weighted by atomic mass is 9.43. The Labute approximate surface area is 174 Å². The van der Waals surface area contributed by atoms with Crippen molar-refractivity contribution in [2.24, 2.45) is 40.4 Å². The van der Waals surface area contributed by atoms with Crippen LogP contribution in [-0.2, 0) is 4.79 Å². The van der Waals surface area contributed by atoms with Crippen molar-refractivity contribution in [2.45, 2.75) is 103 Å². The summed E-state index contributed by atoms with van der Waals surface area (Å²) in [7, 11) is 0. The maximum absolute atomic E-state index is 11.8. The number of rotatable bonds is 4. The molecule has 29 heavy (non-hydrogen) atoms. The summed E-state index contributed by atoms with van der Waals surface area (Å²) in [6.07, 6.45) is 7.11. The van der Waals surface area contributed by atoms with Gasteiger partial charge in [-0.15, -0.1) is 0 Å². The number of aliphatic hydroxyl groups is 3. The van der Waals surface area contributed by atoms with Crippen molar-refractivity contribution in [1.82, 2.24) is 0 Å². The number of carboxylic acid groups (broad SMARTS) is 1. The van der Waals surface area contributed by atoms with E-state index < -0.39 is 11.6 Å². The van der Waals surface area contributed by atoms with Crippen LogP contribution in [0.2, 0.25) is 0 Å². The third-order valence-corrected chi connectivity index (χ3v) is 10.5. The zero-order valence-electron chi connectivity index (χ0n) is 18.3. The Morgan fingerprint density at radius 2 is 1.72 bits per heavy atom. The summed E-state index contributed by atoms with van der Waals surface area (Å²) in [6, 6.07) is 0. The molecule has 0 heterocycles. The highest BCUT2D eigenvalue weighted by molar-refractivity contribution is 5.66. The fourth-order valence-corrected chi connectivity index (χ4v) is 8.64. The normalized spacial score (nSPS) is 52.9. The molecule has 4 saturated carbocycles. The number of aliphatic carboxylic acids is 1. The average Bonchev–Trinajstić information content (AvgIpc) is 2.93. The van der Waals surface area contributed by atoms with Crippen LogP contribution in [0.25, 0.3) is 0 Å². The Bertz CT molecular complexity index is 651. The predicted octanol–water partition coefficient (Wildman–Crippen LogP) is 3.59. The highest BCUT2D eigenvalue weighted by Gasteiger charge is 2.67. The minimum Gasteiger partial charge on any atom is -0.481 e. The molecule has 4 fully saturated rings. The van der Waals surface area contributed by atoms with Gasteiger partial charge in [-0.3, -0.25) is 4.79 Å². The van der Waals surface area contributed by atoms with Crippen molar-refractivity contribution in [3.05, 3.63) is 0 Å². The topological polar surface area (TPSA) is 98.0 Å². The summed E-state index contributed by atoms with van der Waals surface area (Å²) < 4.78 is 0. The van der Waals surface area contributed by atoms with Crippen molar-refractivity contribution in [2.75, 3.05) is 0 Å².